The third kappa shape index (κ3) is 3.72. The minimum Gasteiger partial charge on any atom is -0.394 e. The molecule has 1 aliphatic rings. The van der Waals surface area contributed by atoms with Crippen LogP contribution in [-0.2, 0) is 12.8 Å². The van der Waals surface area contributed by atoms with Crippen molar-refractivity contribution in [1.29, 1.82) is 0 Å². The van der Waals surface area contributed by atoms with E-state index in [0.29, 0.717) is 12.0 Å². The zero-order valence-corrected chi connectivity index (χ0v) is 15.6. The predicted octanol–water partition coefficient (Wildman–Crippen LogP) is 2.84. The molecule has 28 heavy (non-hydrogen) atoms. The number of nitrogens with zero attached hydrogens (tertiary/aromatic N) is 2. The Morgan fingerprint density at radius 3 is 2.61 bits per heavy atom. The molecule has 0 saturated heterocycles. The number of nitrogens with one attached hydrogen (secondary N) is 1. The van der Waals surface area contributed by atoms with Crippen molar-refractivity contribution in [3.8, 4) is 11.1 Å². The molecule has 1 unspecified atom stereocenters. The number of aliphatic hydroxyl groups is 1. The lowest BCUT2D eigenvalue weighted by Crippen LogP contribution is -2.54. The topological polar surface area (TPSA) is 75.1 Å². The van der Waals surface area contributed by atoms with Gasteiger partial charge < -0.3 is 10.4 Å². The van der Waals surface area contributed by atoms with Gasteiger partial charge in [-0.25, -0.2) is 9.97 Å². The monoisotopic (exact) mass is 373 g/mol. The molecule has 4 rings (SSSR count). The second kappa shape index (κ2) is 8.00. The van der Waals surface area contributed by atoms with E-state index in [1.807, 2.05) is 42.7 Å². The zero-order chi connectivity index (χ0) is 19.4. The first-order valence-electron chi connectivity index (χ1n) is 9.51. The highest BCUT2D eigenvalue weighted by Gasteiger charge is 2.35. The van der Waals surface area contributed by atoms with Crippen LogP contribution in [0.1, 0.15) is 27.9 Å². The van der Waals surface area contributed by atoms with Gasteiger partial charge in [0.1, 0.15) is 6.33 Å². The van der Waals surface area contributed by atoms with Gasteiger partial charge in [0, 0.05) is 29.1 Å². The average Bonchev–Trinajstić information content (AvgIpc) is 2.78. The van der Waals surface area contributed by atoms with E-state index in [0.717, 1.165) is 24.0 Å². The third-order valence-electron chi connectivity index (χ3n) is 5.56. The van der Waals surface area contributed by atoms with Gasteiger partial charge in [-0.3, -0.25) is 4.79 Å². The summed E-state index contributed by atoms with van der Waals surface area (Å²) in [7, 11) is 0. The second-order valence-electron chi connectivity index (χ2n) is 7.33. The number of benzene rings is 2. The minimum absolute atomic E-state index is 0.0197. The lowest BCUT2D eigenvalue weighted by Gasteiger charge is -2.38. The van der Waals surface area contributed by atoms with Crippen molar-refractivity contribution in [2.45, 2.75) is 24.8 Å². The molecule has 0 bridgehead atoms. The molecule has 2 aromatic carbocycles. The Kier molecular flexibility index (Phi) is 5.28. The number of carbonyl (C=O) groups is 1. The quantitative estimate of drug-likeness (QED) is 0.650. The highest BCUT2D eigenvalue weighted by molar-refractivity contribution is 5.97. The van der Waals surface area contributed by atoms with Gasteiger partial charge in [-0.2, -0.15) is 0 Å². The Balaban J connectivity index is 1.58. The maximum atomic E-state index is 12.5. The van der Waals surface area contributed by atoms with E-state index in [2.05, 4.69) is 33.5 Å². The molecule has 0 spiro atoms. The van der Waals surface area contributed by atoms with Crippen molar-refractivity contribution in [2.75, 3.05) is 13.2 Å². The van der Waals surface area contributed by atoms with Gasteiger partial charge in [-0.15, -0.1) is 0 Å². The van der Waals surface area contributed by atoms with Crippen molar-refractivity contribution in [3.63, 3.8) is 0 Å². The standard InChI is InChI=1S/C23H23N3O2/c27-15-23(26-14-22(28)18-5-2-1-3-6-18)10-9-17-7-4-8-20(21(17)11-23)19-12-24-16-25-13-19/h1-8,12-13,16,26-27H,9-11,14-15H2. The lowest BCUT2D eigenvalue weighted by atomic mass is 9.76. The summed E-state index contributed by atoms with van der Waals surface area (Å²) in [6.45, 7) is 0.185. The van der Waals surface area contributed by atoms with E-state index < -0.39 is 5.54 Å². The number of aliphatic hydroxyl groups excluding tert-OH is 1. The first-order chi connectivity index (χ1) is 13.7. The van der Waals surface area contributed by atoms with Crippen LogP contribution in [0.2, 0.25) is 0 Å². The number of ketones is 1. The molecule has 1 aromatic heterocycles. The fourth-order valence-electron chi connectivity index (χ4n) is 3.92. The molecule has 1 aliphatic carbocycles. The van der Waals surface area contributed by atoms with Crippen LogP contribution in [0.25, 0.3) is 11.1 Å². The van der Waals surface area contributed by atoms with Crippen molar-refractivity contribution in [2.24, 2.45) is 0 Å². The Hall–Kier alpha value is -2.89. The summed E-state index contributed by atoms with van der Waals surface area (Å²) in [4.78, 5) is 20.8. The lowest BCUT2D eigenvalue weighted by molar-refractivity contribution is 0.0943. The molecule has 5 heteroatoms. The summed E-state index contributed by atoms with van der Waals surface area (Å²) < 4.78 is 0. The van der Waals surface area contributed by atoms with E-state index in [-0.39, 0.29) is 18.9 Å². The van der Waals surface area contributed by atoms with Crippen LogP contribution < -0.4 is 5.32 Å². The smallest absolute Gasteiger partial charge is 0.176 e. The second-order valence-corrected chi connectivity index (χ2v) is 7.33. The number of hydrogen-bond donors (Lipinski definition) is 2. The Morgan fingerprint density at radius 2 is 1.86 bits per heavy atom. The van der Waals surface area contributed by atoms with Crippen molar-refractivity contribution < 1.29 is 9.90 Å². The first-order valence-corrected chi connectivity index (χ1v) is 9.51. The largest absolute Gasteiger partial charge is 0.394 e. The molecule has 1 atom stereocenters. The van der Waals surface area contributed by atoms with Crippen LogP contribution >= 0.6 is 0 Å². The van der Waals surface area contributed by atoms with Crippen LogP contribution in [0.3, 0.4) is 0 Å². The molecule has 0 fully saturated rings. The van der Waals surface area contributed by atoms with Crippen LogP contribution in [0.4, 0.5) is 0 Å². The number of fused-ring (bicyclic) bond motifs is 1. The van der Waals surface area contributed by atoms with Gasteiger partial charge in [-0.1, -0.05) is 48.5 Å². The Morgan fingerprint density at radius 1 is 1.07 bits per heavy atom. The maximum absolute atomic E-state index is 12.5. The number of carbonyl (C=O) groups excluding carboxylic acids is 1. The normalized spacial score (nSPS) is 18.5. The van der Waals surface area contributed by atoms with E-state index in [9.17, 15) is 9.90 Å². The molecule has 0 saturated carbocycles. The number of aromatic nitrogens is 2. The molecular weight excluding hydrogens is 350 g/mol. The molecule has 0 amide bonds. The van der Waals surface area contributed by atoms with Gasteiger partial charge in [0.15, 0.2) is 5.78 Å². The average molecular weight is 373 g/mol. The van der Waals surface area contributed by atoms with Crippen molar-refractivity contribution >= 4 is 5.78 Å². The number of Topliss-reactive ketones (excluding diaryl/α,β-unsaturated/α-hetero) is 1. The van der Waals surface area contributed by atoms with E-state index in [1.54, 1.807) is 0 Å². The molecule has 0 aliphatic heterocycles. The summed E-state index contributed by atoms with van der Waals surface area (Å²) in [5.74, 6) is 0.0315. The summed E-state index contributed by atoms with van der Waals surface area (Å²) in [6.07, 6.45) is 7.44. The highest BCUT2D eigenvalue weighted by atomic mass is 16.3. The van der Waals surface area contributed by atoms with Gasteiger partial charge in [0.2, 0.25) is 0 Å². The fraction of sp³-hybridized carbons (Fsp3) is 0.261. The molecule has 0 radical (unpaired) electrons. The van der Waals surface area contributed by atoms with Crippen molar-refractivity contribution in [3.05, 3.63) is 83.9 Å². The molecule has 1 heterocycles. The van der Waals surface area contributed by atoms with Gasteiger partial charge in [0.25, 0.3) is 0 Å². The van der Waals surface area contributed by atoms with E-state index in [4.69, 9.17) is 0 Å². The zero-order valence-electron chi connectivity index (χ0n) is 15.6. The number of aryl methyl sites for hydroxylation is 1. The highest BCUT2D eigenvalue weighted by Crippen LogP contribution is 2.35. The summed E-state index contributed by atoms with van der Waals surface area (Å²) in [5, 5.41) is 13.6. The Labute approximate surface area is 164 Å². The van der Waals surface area contributed by atoms with Gasteiger partial charge in [-0.05, 0) is 36.0 Å². The van der Waals surface area contributed by atoms with Crippen LogP contribution in [0.5, 0.6) is 0 Å². The summed E-state index contributed by atoms with van der Waals surface area (Å²) in [5.41, 5.74) is 4.70. The third-order valence-corrected chi connectivity index (χ3v) is 5.56. The van der Waals surface area contributed by atoms with Crippen molar-refractivity contribution in [1.82, 2.24) is 15.3 Å². The first kappa shape index (κ1) is 18.5. The van der Waals surface area contributed by atoms with E-state index in [1.165, 1.54) is 17.5 Å². The number of hydrogen-bond acceptors (Lipinski definition) is 5. The molecule has 5 nitrogen and oxygen atoms in total. The van der Waals surface area contributed by atoms with Gasteiger partial charge >= 0.3 is 0 Å². The van der Waals surface area contributed by atoms with E-state index >= 15 is 0 Å². The minimum atomic E-state index is -0.511. The van der Waals surface area contributed by atoms with Crippen LogP contribution in [0, 0.1) is 0 Å². The van der Waals surface area contributed by atoms with Crippen LogP contribution in [-0.4, -0.2) is 39.5 Å². The fourth-order valence-corrected chi connectivity index (χ4v) is 3.92. The SMILES string of the molecule is O=C(CNC1(CO)CCc2cccc(-c3cncnc3)c2C1)c1ccccc1. The molecule has 2 N–H and O–H groups in total. The van der Waals surface area contributed by atoms with Crippen LogP contribution in [0.15, 0.2) is 67.3 Å². The predicted molar refractivity (Wildman–Crippen MR) is 108 cm³/mol. The Bertz CT molecular complexity index is 960. The molecular formula is C23H23N3O2. The molecule has 142 valence electrons. The summed E-state index contributed by atoms with van der Waals surface area (Å²) in [6, 6.07) is 15.5. The summed E-state index contributed by atoms with van der Waals surface area (Å²) >= 11 is 0. The number of rotatable bonds is 6. The maximum Gasteiger partial charge on any atom is 0.176 e. The molecule has 3 aromatic rings. The van der Waals surface area contributed by atoms with Gasteiger partial charge in [0.05, 0.1) is 13.2 Å².